The Morgan fingerprint density at radius 2 is 2.00 bits per heavy atom. The summed E-state index contributed by atoms with van der Waals surface area (Å²) in [5.41, 5.74) is 2.79. The summed E-state index contributed by atoms with van der Waals surface area (Å²) < 4.78 is 30.8. The van der Waals surface area contributed by atoms with Crippen LogP contribution >= 0.6 is 11.6 Å². The normalized spacial score (nSPS) is 11.6. The van der Waals surface area contributed by atoms with Crippen molar-refractivity contribution in [3.63, 3.8) is 0 Å². The van der Waals surface area contributed by atoms with Gasteiger partial charge in [0, 0.05) is 29.4 Å². The molecule has 4 aromatic rings. The molecule has 0 amide bonds. The Hall–Kier alpha value is -2.80. The van der Waals surface area contributed by atoms with Crippen molar-refractivity contribution in [3.05, 3.63) is 64.6 Å². The van der Waals surface area contributed by atoms with E-state index >= 15 is 0 Å². The van der Waals surface area contributed by atoms with Crippen LogP contribution in [-0.4, -0.2) is 24.5 Å². The van der Waals surface area contributed by atoms with Gasteiger partial charge in [0.25, 0.3) is 6.43 Å². The summed E-state index contributed by atoms with van der Waals surface area (Å²) >= 11 is 6.25. The monoisotopic (exact) mass is 387 g/mol. The molecule has 4 rings (SSSR count). The molecule has 3 aromatic heterocycles. The standard InChI is InChI=1S/C19H16ClF2N5/c1-11-17-14(18(21)22)7-16(13-8-23-26(2)9-13)24-19(17)27(25-11)10-12-5-3-4-6-15(12)20/h3-9,18H,10H2,1-2H3. The first kappa shape index (κ1) is 17.6. The largest absolute Gasteiger partial charge is 0.275 e. The van der Waals surface area contributed by atoms with Crippen molar-refractivity contribution in [2.24, 2.45) is 7.05 Å². The molecule has 27 heavy (non-hydrogen) atoms. The van der Waals surface area contributed by atoms with E-state index in [9.17, 15) is 8.78 Å². The van der Waals surface area contributed by atoms with Gasteiger partial charge < -0.3 is 0 Å². The van der Waals surface area contributed by atoms with Gasteiger partial charge in [-0.25, -0.2) is 18.4 Å². The first-order valence-electron chi connectivity index (χ1n) is 8.32. The molecule has 0 N–H and O–H groups in total. The molecule has 0 aliphatic heterocycles. The fourth-order valence-corrected chi connectivity index (χ4v) is 3.35. The number of hydrogen-bond donors (Lipinski definition) is 0. The van der Waals surface area contributed by atoms with Crippen molar-refractivity contribution in [2.45, 2.75) is 19.9 Å². The Morgan fingerprint density at radius 3 is 2.67 bits per heavy atom. The number of benzene rings is 1. The summed E-state index contributed by atoms with van der Waals surface area (Å²) in [7, 11) is 1.77. The zero-order valence-electron chi connectivity index (χ0n) is 14.7. The summed E-state index contributed by atoms with van der Waals surface area (Å²) in [5.74, 6) is 0. The van der Waals surface area contributed by atoms with Gasteiger partial charge in [0.2, 0.25) is 0 Å². The summed E-state index contributed by atoms with van der Waals surface area (Å²) in [6.07, 6.45) is 0.707. The number of pyridine rings is 1. The van der Waals surface area contributed by atoms with Gasteiger partial charge in [0.05, 0.1) is 29.5 Å². The average Bonchev–Trinajstić information content (AvgIpc) is 3.20. The van der Waals surface area contributed by atoms with Crippen LogP contribution < -0.4 is 0 Å². The molecule has 1 aromatic carbocycles. The molecule has 5 nitrogen and oxygen atoms in total. The lowest BCUT2D eigenvalue weighted by atomic mass is 10.1. The van der Waals surface area contributed by atoms with Crippen molar-refractivity contribution >= 4 is 22.6 Å². The summed E-state index contributed by atoms with van der Waals surface area (Å²) in [6, 6.07) is 8.79. The minimum Gasteiger partial charge on any atom is -0.275 e. The zero-order chi connectivity index (χ0) is 19.1. The van der Waals surface area contributed by atoms with Crippen LogP contribution in [0.3, 0.4) is 0 Å². The predicted molar refractivity (Wildman–Crippen MR) is 100.0 cm³/mol. The Bertz CT molecular complexity index is 1130. The number of rotatable bonds is 4. The summed E-state index contributed by atoms with van der Waals surface area (Å²) in [5, 5.41) is 9.53. The third-order valence-corrected chi connectivity index (χ3v) is 4.79. The first-order valence-corrected chi connectivity index (χ1v) is 8.70. The highest BCUT2D eigenvalue weighted by molar-refractivity contribution is 6.31. The van der Waals surface area contributed by atoms with Crippen LogP contribution in [0.5, 0.6) is 0 Å². The molecule has 0 bridgehead atoms. The Morgan fingerprint density at radius 1 is 1.22 bits per heavy atom. The van der Waals surface area contributed by atoms with Crippen molar-refractivity contribution in [1.29, 1.82) is 0 Å². The maximum Gasteiger partial charge on any atom is 0.264 e. The number of fused-ring (bicyclic) bond motifs is 1. The van der Waals surface area contributed by atoms with E-state index in [1.165, 1.54) is 6.07 Å². The highest BCUT2D eigenvalue weighted by atomic mass is 35.5. The topological polar surface area (TPSA) is 48.5 Å². The molecule has 0 spiro atoms. The van der Waals surface area contributed by atoms with Crippen molar-refractivity contribution in [1.82, 2.24) is 24.5 Å². The fraction of sp³-hybridized carbons (Fsp3) is 0.211. The first-order chi connectivity index (χ1) is 12.9. The second kappa shape index (κ2) is 6.74. The number of aromatic nitrogens is 5. The van der Waals surface area contributed by atoms with Crippen molar-refractivity contribution < 1.29 is 8.78 Å². The summed E-state index contributed by atoms with van der Waals surface area (Å²) in [6.45, 7) is 2.05. The molecule has 0 saturated heterocycles. The van der Waals surface area contributed by atoms with E-state index in [1.807, 2.05) is 18.2 Å². The smallest absolute Gasteiger partial charge is 0.264 e. The Labute approximate surface area is 159 Å². The highest BCUT2D eigenvalue weighted by Crippen LogP contribution is 2.33. The lowest BCUT2D eigenvalue weighted by Gasteiger charge is -2.08. The average molecular weight is 388 g/mol. The Kier molecular flexibility index (Phi) is 4.39. The molecular formula is C19H16ClF2N5. The maximum absolute atomic E-state index is 13.8. The quantitative estimate of drug-likeness (QED) is 0.506. The van der Waals surface area contributed by atoms with Gasteiger partial charge in [0.15, 0.2) is 5.65 Å². The third kappa shape index (κ3) is 3.19. The maximum atomic E-state index is 13.8. The second-order valence-electron chi connectivity index (χ2n) is 6.33. The van der Waals surface area contributed by atoms with Crippen LogP contribution in [0, 0.1) is 6.92 Å². The van der Waals surface area contributed by atoms with E-state index < -0.39 is 6.43 Å². The second-order valence-corrected chi connectivity index (χ2v) is 6.74. The number of halogens is 3. The van der Waals surface area contributed by atoms with Crippen LogP contribution in [0.2, 0.25) is 5.02 Å². The van der Waals surface area contributed by atoms with Crippen molar-refractivity contribution in [2.75, 3.05) is 0 Å². The fourth-order valence-electron chi connectivity index (χ4n) is 3.16. The molecule has 138 valence electrons. The van der Waals surface area contributed by atoms with E-state index in [0.717, 1.165) is 5.56 Å². The van der Waals surface area contributed by atoms with E-state index in [2.05, 4.69) is 15.2 Å². The lowest BCUT2D eigenvalue weighted by molar-refractivity contribution is 0.153. The molecule has 0 saturated carbocycles. The molecule has 0 radical (unpaired) electrons. The van der Waals surface area contributed by atoms with Gasteiger partial charge >= 0.3 is 0 Å². The van der Waals surface area contributed by atoms with Crippen LogP contribution in [0.4, 0.5) is 8.78 Å². The van der Waals surface area contributed by atoms with Gasteiger partial charge in [-0.3, -0.25) is 4.68 Å². The SMILES string of the molecule is Cc1nn(Cc2ccccc2Cl)c2nc(-c3cnn(C)c3)cc(C(F)F)c12. The predicted octanol–water partition coefficient (Wildman–Crippen LogP) is 4.78. The number of nitrogens with zero attached hydrogens (tertiary/aromatic N) is 5. The zero-order valence-corrected chi connectivity index (χ0v) is 15.5. The van der Waals surface area contributed by atoms with Crippen molar-refractivity contribution in [3.8, 4) is 11.3 Å². The van der Waals surface area contributed by atoms with E-state index in [0.29, 0.717) is 39.6 Å². The molecular weight excluding hydrogens is 372 g/mol. The van der Waals surface area contributed by atoms with Gasteiger partial charge in [0.1, 0.15) is 0 Å². The van der Waals surface area contributed by atoms with E-state index in [4.69, 9.17) is 11.6 Å². The van der Waals surface area contributed by atoms with E-state index in [-0.39, 0.29) is 5.56 Å². The van der Waals surface area contributed by atoms with Crippen LogP contribution in [0.1, 0.15) is 23.2 Å². The Balaban J connectivity index is 1.93. The lowest BCUT2D eigenvalue weighted by Crippen LogP contribution is -2.04. The van der Waals surface area contributed by atoms with E-state index in [1.54, 1.807) is 41.8 Å². The molecule has 8 heteroatoms. The minimum atomic E-state index is -2.64. The third-order valence-electron chi connectivity index (χ3n) is 4.42. The minimum absolute atomic E-state index is 0.0817. The van der Waals surface area contributed by atoms with Crippen LogP contribution in [0.25, 0.3) is 22.3 Å². The van der Waals surface area contributed by atoms with Gasteiger partial charge in [-0.05, 0) is 24.6 Å². The molecule has 0 unspecified atom stereocenters. The number of aryl methyl sites for hydroxylation is 2. The van der Waals surface area contributed by atoms with Crippen LogP contribution in [-0.2, 0) is 13.6 Å². The molecule has 0 aliphatic rings. The highest BCUT2D eigenvalue weighted by Gasteiger charge is 2.21. The van der Waals surface area contributed by atoms with Crippen LogP contribution in [0.15, 0.2) is 42.7 Å². The molecule has 0 aliphatic carbocycles. The molecule has 0 fully saturated rings. The van der Waals surface area contributed by atoms with Gasteiger partial charge in [-0.1, -0.05) is 29.8 Å². The molecule has 3 heterocycles. The molecule has 0 atom stereocenters. The van der Waals surface area contributed by atoms with Gasteiger partial charge in [-0.2, -0.15) is 10.2 Å². The summed E-state index contributed by atoms with van der Waals surface area (Å²) in [4.78, 5) is 4.62. The number of alkyl halides is 2. The van der Waals surface area contributed by atoms with Gasteiger partial charge in [-0.15, -0.1) is 0 Å². The number of hydrogen-bond acceptors (Lipinski definition) is 3.